The molecule has 0 atom stereocenters. The van der Waals surface area contributed by atoms with Gasteiger partial charge in [-0.05, 0) is 48.5 Å². The van der Waals surface area contributed by atoms with E-state index in [0.717, 1.165) is 16.2 Å². The summed E-state index contributed by atoms with van der Waals surface area (Å²) in [6, 6.07) is 19.0. The molecular weight excluding hydrogens is 414 g/mol. The van der Waals surface area contributed by atoms with Crippen molar-refractivity contribution in [2.24, 2.45) is 0 Å². The summed E-state index contributed by atoms with van der Waals surface area (Å²) in [6.07, 6.45) is 3.93. The minimum Gasteiger partial charge on any atom is -0.324 e. The summed E-state index contributed by atoms with van der Waals surface area (Å²) < 4.78 is 1.97. The maximum Gasteiger partial charge on any atom is 0.363 e. The van der Waals surface area contributed by atoms with Crippen molar-refractivity contribution in [3.8, 4) is 0 Å². The van der Waals surface area contributed by atoms with E-state index in [-0.39, 0.29) is 16.7 Å². The van der Waals surface area contributed by atoms with Crippen LogP contribution in [0.1, 0.15) is 36.8 Å². The van der Waals surface area contributed by atoms with Crippen LogP contribution in [0.2, 0.25) is 0 Å². The highest BCUT2D eigenvalue weighted by Gasteiger charge is 2.38. The van der Waals surface area contributed by atoms with Gasteiger partial charge >= 0.3 is 5.97 Å². The van der Waals surface area contributed by atoms with Crippen molar-refractivity contribution in [3.05, 3.63) is 102 Å². The molecule has 5 rings (SSSR count). The molecule has 0 fully saturated rings. The lowest BCUT2D eigenvalue weighted by molar-refractivity contribution is -0.0584. The predicted molar refractivity (Wildman–Crippen MR) is 114 cm³/mol. The molecule has 0 N–H and O–H groups in total. The molecule has 0 aliphatic carbocycles. The first kappa shape index (κ1) is 19.1. The number of amides is 2. The van der Waals surface area contributed by atoms with Crippen molar-refractivity contribution < 1.29 is 19.2 Å². The molecule has 8 heteroatoms. The second-order valence-electron chi connectivity index (χ2n) is 6.84. The number of thioether (sulfide) groups is 1. The number of aromatic nitrogens is 2. The maximum absolute atomic E-state index is 12.4. The van der Waals surface area contributed by atoms with E-state index in [1.54, 1.807) is 48.2 Å². The van der Waals surface area contributed by atoms with Crippen LogP contribution in [0.4, 0.5) is 0 Å². The number of carbonyl (C=O) groups excluding carboxylic acids is 3. The van der Waals surface area contributed by atoms with Crippen LogP contribution in [0.5, 0.6) is 0 Å². The third kappa shape index (κ3) is 3.57. The highest BCUT2D eigenvalue weighted by atomic mass is 32.2. The average molecular weight is 429 g/mol. The van der Waals surface area contributed by atoms with E-state index >= 15 is 0 Å². The molecule has 2 amide bonds. The van der Waals surface area contributed by atoms with Crippen LogP contribution < -0.4 is 0 Å². The van der Waals surface area contributed by atoms with Crippen LogP contribution in [0.3, 0.4) is 0 Å². The number of benzene rings is 2. The molecule has 7 nitrogen and oxygen atoms in total. The smallest absolute Gasteiger partial charge is 0.324 e. The Hall–Kier alpha value is -3.91. The van der Waals surface area contributed by atoms with Gasteiger partial charge < -0.3 is 9.24 Å². The Balaban J connectivity index is 1.23. The van der Waals surface area contributed by atoms with Crippen LogP contribution in [-0.4, -0.2) is 32.2 Å². The Kier molecular flexibility index (Phi) is 4.76. The number of imidazole rings is 1. The van der Waals surface area contributed by atoms with Gasteiger partial charge in [0, 0.05) is 23.0 Å². The fourth-order valence-corrected chi connectivity index (χ4v) is 4.07. The highest BCUT2D eigenvalue weighted by molar-refractivity contribution is 7.98. The number of pyridine rings is 1. The number of hydrogen-bond acceptors (Lipinski definition) is 6. The number of imide groups is 1. The monoisotopic (exact) mass is 429 g/mol. The average Bonchev–Trinajstić information content (AvgIpc) is 3.33. The third-order valence-electron chi connectivity index (χ3n) is 4.82. The minimum atomic E-state index is -0.772. The fraction of sp³-hybridized carbons (Fsp3) is 0.0435. The van der Waals surface area contributed by atoms with Gasteiger partial charge in [0.05, 0.1) is 22.4 Å². The van der Waals surface area contributed by atoms with Crippen molar-refractivity contribution in [3.63, 3.8) is 0 Å². The normalized spacial score (nSPS) is 13.0. The molecule has 0 saturated carbocycles. The summed E-state index contributed by atoms with van der Waals surface area (Å²) in [4.78, 5) is 47.7. The van der Waals surface area contributed by atoms with Crippen LogP contribution in [-0.2, 0) is 10.6 Å². The molecular formula is C23H15N3O4S. The van der Waals surface area contributed by atoms with Gasteiger partial charge in [0.1, 0.15) is 5.65 Å². The first-order chi connectivity index (χ1) is 15.1. The predicted octanol–water partition coefficient (Wildman–Crippen LogP) is 3.99. The molecule has 0 unspecified atom stereocenters. The van der Waals surface area contributed by atoms with Gasteiger partial charge in [-0.1, -0.05) is 23.3 Å². The van der Waals surface area contributed by atoms with Crippen LogP contribution in [0.15, 0.2) is 84.0 Å². The van der Waals surface area contributed by atoms with Crippen molar-refractivity contribution >= 4 is 35.2 Å². The van der Waals surface area contributed by atoms with Crippen molar-refractivity contribution in [1.29, 1.82) is 0 Å². The van der Waals surface area contributed by atoms with Gasteiger partial charge in [0.15, 0.2) is 0 Å². The lowest BCUT2D eigenvalue weighted by Crippen LogP contribution is -2.32. The molecule has 0 saturated heterocycles. The van der Waals surface area contributed by atoms with E-state index in [0.29, 0.717) is 10.8 Å². The van der Waals surface area contributed by atoms with Gasteiger partial charge in [-0.3, -0.25) is 9.59 Å². The number of carbonyl (C=O) groups is 3. The quantitative estimate of drug-likeness (QED) is 0.352. The van der Waals surface area contributed by atoms with E-state index in [1.165, 1.54) is 12.1 Å². The fourth-order valence-electron chi connectivity index (χ4n) is 3.29. The zero-order valence-corrected chi connectivity index (χ0v) is 16.9. The second kappa shape index (κ2) is 7.73. The molecule has 1 aliphatic heterocycles. The second-order valence-corrected chi connectivity index (χ2v) is 7.89. The molecule has 0 radical (unpaired) electrons. The van der Waals surface area contributed by atoms with E-state index in [9.17, 15) is 14.4 Å². The van der Waals surface area contributed by atoms with E-state index in [2.05, 4.69) is 4.98 Å². The number of rotatable bonds is 5. The van der Waals surface area contributed by atoms with Crippen LogP contribution in [0.25, 0.3) is 5.65 Å². The van der Waals surface area contributed by atoms with Gasteiger partial charge in [-0.2, -0.15) is 0 Å². The van der Waals surface area contributed by atoms with Gasteiger partial charge in [0.2, 0.25) is 0 Å². The number of hydrogen-bond donors (Lipinski definition) is 0. The molecule has 1 aliphatic rings. The molecule has 0 bridgehead atoms. The van der Waals surface area contributed by atoms with E-state index < -0.39 is 17.8 Å². The van der Waals surface area contributed by atoms with Crippen molar-refractivity contribution in [1.82, 2.24) is 14.4 Å². The standard InChI is InChI=1S/C23H15N3O4S/c27-21-18-5-1-2-6-19(18)22(28)26(21)30-23(29)15-8-10-17(11-9-15)31-14-16-13-25-12-4-3-7-20(25)24-16/h1-13H,14H2. The first-order valence-corrected chi connectivity index (χ1v) is 10.4. The van der Waals surface area contributed by atoms with Crippen molar-refractivity contribution in [2.75, 3.05) is 0 Å². The maximum atomic E-state index is 12.4. The van der Waals surface area contributed by atoms with Crippen LogP contribution >= 0.6 is 11.8 Å². The molecule has 31 heavy (non-hydrogen) atoms. The Labute approximate surface area is 181 Å². The third-order valence-corrected chi connectivity index (χ3v) is 5.87. The van der Waals surface area contributed by atoms with E-state index in [4.69, 9.17) is 4.84 Å². The van der Waals surface area contributed by atoms with E-state index in [1.807, 2.05) is 35.0 Å². The van der Waals surface area contributed by atoms with Gasteiger partial charge in [-0.25, -0.2) is 9.78 Å². The van der Waals surface area contributed by atoms with Crippen molar-refractivity contribution in [2.45, 2.75) is 10.6 Å². The highest BCUT2D eigenvalue weighted by Crippen LogP contribution is 2.25. The Morgan fingerprint density at radius 3 is 2.26 bits per heavy atom. The Bertz CT molecular complexity index is 1260. The first-order valence-electron chi connectivity index (χ1n) is 9.46. The number of nitrogens with zero attached hydrogens (tertiary/aromatic N) is 3. The summed E-state index contributed by atoms with van der Waals surface area (Å²) in [5.74, 6) is -1.38. The number of hydroxylamine groups is 2. The minimum absolute atomic E-state index is 0.221. The zero-order chi connectivity index (χ0) is 21.4. The lowest BCUT2D eigenvalue weighted by Gasteiger charge is -2.12. The summed E-state index contributed by atoms with van der Waals surface area (Å²) >= 11 is 1.59. The van der Waals surface area contributed by atoms with Gasteiger partial charge in [-0.15, -0.1) is 11.8 Å². The number of fused-ring (bicyclic) bond motifs is 2. The Morgan fingerprint density at radius 1 is 0.903 bits per heavy atom. The summed E-state index contributed by atoms with van der Waals surface area (Å²) in [5.41, 5.74) is 2.53. The van der Waals surface area contributed by atoms with Crippen LogP contribution in [0, 0.1) is 0 Å². The molecule has 3 heterocycles. The molecule has 152 valence electrons. The summed E-state index contributed by atoms with van der Waals surface area (Å²) in [7, 11) is 0. The Morgan fingerprint density at radius 2 is 1.58 bits per heavy atom. The summed E-state index contributed by atoms with van der Waals surface area (Å²) in [6.45, 7) is 0. The summed E-state index contributed by atoms with van der Waals surface area (Å²) in [5, 5.41) is 0.513. The SMILES string of the molecule is O=C(ON1C(=O)c2ccccc2C1=O)c1ccc(SCc2cn3ccccc3n2)cc1. The zero-order valence-electron chi connectivity index (χ0n) is 16.1. The molecule has 2 aromatic heterocycles. The van der Waals surface area contributed by atoms with Gasteiger partial charge in [0.25, 0.3) is 11.8 Å². The largest absolute Gasteiger partial charge is 0.363 e. The topological polar surface area (TPSA) is 81.0 Å². The lowest BCUT2D eigenvalue weighted by atomic mass is 10.1. The molecule has 2 aromatic carbocycles. The molecule has 4 aromatic rings. The molecule has 0 spiro atoms.